The van der Waals surface area contributed by atoms with Gasteiger partial charge in [0.15, 0.2) is 0 Å². The predicted octanol–water partition coefficient (Wildman–Crippen LogP) is 2.36. The van der Waals surface area contributed by atoms with Gasteiger partial charge in [0.1, 0.15) is 5.82 Å². The van der Waals surface area contributed by atoms with Crippen LogP contribution in [0.1, 0.15) is 29.3 Å². The van der Waals surface area contributed by atoms with Crippen LogP contribution in [0, 0.1) is 5.82 Å². The molecule has 0 aliphatic rings. The fraction of sp³-hybridized carbons (Fsp3) is 0.417. The smallest absolute Gasteiger partial charge is 0.366 e. The topological polar surface area (TPSA) is 55.1 Å². The molecule has 3 N–H and O–H groups in total. The molecule has 0 radical (unpaired) electrons. The van der Waals surface area contributed by atoms with Crippen molar-refractivity contribution in [3.05, 3.63) is 35.1 Å². The number of carbonyl (C=O) groups is 1. The van der Waals surface area contributed by atoms with Gasteiger partial charge in [-0.1, -0.05) is 0 Å². The summed E-state index contributed by atoms with van der Waals surface area (Å²) in [6, 6.07) is 2.66. The number of hydrogen-bond acceptors (Lipinski definition) is 2. The monoisotopic (exact) mass is 278 g/mol. The van der Waals surface area contributed by atoms with Crippen LogP contribution in [0.25, 0.3) is 0 Å². The van der Waals surface area contributed by atoms with Gasteiger partial charge in [-0.15, -0.1) is 0 Å². The van der Waals surface area contributed by atoms with Crippen molar-refractivity contribution in [1.82, 2.24) is 5.32 Å². The standard InChI is InChI=1S/C12H14F4N2O/c1-7(5-12(14,15)16)18-6-9-4-8(11(17)19)2-3-10(9)13/h2-4,7,18H,5-6H2,1H3,(H2,17,19). The number of hydrogen-bond donors (Lipinski definition) is 2. The molecule has 0 heterocycles. The molecule has 1 amide bonds. The molecule has 19 heavy (non-hydrogen) atoms. The predicted molar refractivity (Wildman–Crippen MR) is 61.9 cm³/mol. The highest BCUT2D eigenvalue weighted by atomic mass is 19.4. The number of amides is 1. The maximum atomic E-state index is 13.4. The lowest BCUT2D eigenvalue weighted by Gasteiger charge is -2.16. The molecular weight excluding hydrogens is 264 g/mol. The molecule has 0 aromatic heterocycles. The van der Waals surface area contributed by atoms with Crippen LogP contribution in [0.5, 0.6) is 0 Å². The Balaban J connectivity index is 2.67. The van der Waals surface area contributed by atoms with E-state index in [0.717, 1.165) is 6.07 Å². The van der Waals surface area contributed by atoms with E-state index in [1.165, 1.54) is 19.1 Å². The van der Waals surface area contributed by atoms with Crippen LogP contribution in [-0.4, -0.2) is 18.1 Å². The van der Waals surface area contributed by atoms with E-state index in [1.54, 1.807) is 0 Å². The third kappa shape index (κ3) is 5.25. The first-order chi connectivity index (χ1) is 8.69. The maximum Gasteiger partial charge on any atom is 0.390 e. The lowest BCUT2D eigenvalue weighted by Crippen LogP contribution is -2.31. The number of benzene rings is 1. The summed E-state index contributed by atoms with van der Waals surface area (Å²) in [4.78, 5) is 10.9. The number of primary amides is 1. The summed E-state index contributed by atoms with van der Waals surface area (Å²) in [5.74, 6) is -1.32. The van der Waals surface area contributed by atoms with E-state index < -0.39 is 30.4 Å². The molecule has 1 rings (SSSR count). The average molecular weight is 278 g/mol. The number of alkyl halides is 3. The van der Waals surface area contributed by atoms with Crippen molar-refractivity contribution >= 4 is 5.91 Å². The average Bonchev–Trinajstić information content (AvgIpc) is 2.25. The summed E-state index contributed by atoms with van der Waals surface area (Å²) in [6.45, 7) is 1.24. The molecule has 0 aliphatic carbocycles. The van der Waals surface area contributed by atoms with Gasteiger partial charge in [0.05, 0.1) is 6.42 Å². The first-order valence-electron chi connectivity index (χ1n) is 5.57. The fourth-order valence-electron chi connectivity index (χ4n) is 1.57. The van der Waals surface area contributed by atoms with Crippen LogP contribution in [0.2, 0.25) is 0 Å². The zero-order valence-corrected chi connectivity index (χ0v) is 10.2. The summed E-state index contributed by atoms with van der Waals surface area (Å²) < 4.78 is 49.7. The van der Waals surface area contributed by atoms with Gasteiger partial charge in [-0.2, -0.15) is 13.2 Å². The highest BCUT2D eigenvalue weighted by Gasteiger charge is 2.29. The van der Waals surface area contributed by atoms with Gasteiger partial charge in [-0.25, -0.2) is 4.39 Å². The van der Waals surface area contributed by atoms with Crippen LogP contribution in [0.3, 0.4) is 0 Å². The fourth-order valence-corrected chi connectivity index (χ4v) is 1.57. The lowest BCUT2D eigenvalue weighted by molar-refractivity contribution is -0.139. The molecule has 0 bridgehead atoms. The molecule has 106 valence electrons. The molecule has 1 aromatic carbocycles. The molecule has 0 spiro atoms. The quantitative estimate of drug-likeness (QED) is 0.812. The van der Waals surface area contributed by atoms with Gasteiger partial charge in [-0.3, -0.25) is 4.79 Å². The maximum absolute atomic E-state index is 13.4. The molecular formula is C12H14F4N2O. The molecule has 1 aromatic rings. The largest absolute Gasteiger partial charge is 0.390 e. The Morgan fingerprint density at radius 3 is 2.58 bits per heavy atom. The van der Waals surface area contributed by atoms with E-state index in [9.17, 15) is 22.4 Å². The zero-order chi connectivity index (χ0) is 14.6. The Bertz CT molecular complexity index is 460. The summed E-state index contributed by atoms with van der Waals surface area (Å²) in [5.41, 5.74) is 5.26. The Hall–Kier alpha value is -1.63. The molecule has 7 heteroatoms. The second-order valence-corrected chi connectivity index (χ2v) is 4.27. The second-order valence-electron chi connectivity index (χ2n) is 4.27. The van der Waals surface area contributed by atoms with Crippen molar-refractivity contribution in [2.45, 2.75) is 32.1 Å². The summed E-state index contributed by atoms with van der Waals surface area (Å²) in [7, 11) is 0. The number of rotatable bonds is 5. The highest BCUT2D eigenvalue weighted by molar-refractivity contribution is 5.92. The van der Waals surface area contributed by atoms with Crippen molar-refractivity contribution in [2.24, 2.45) is 5.73 Å². The van der Waals surface area contributed by atoms with E-state index in [4.69, 9.17) is 5.73 Å². The first kappa shape index (κ1) is 15.4. The SMILES string of the molecule is CC(CC(F)(F)F)NCc1cc(C(N)=O)ccc1F. The summed E-state index contributed by atoms with van der Waals surface area (Å²) >= 11 is 0. The van der Waals surface area contributed by atoms with Gasteiger partial charge in [0, 0.05) is 23.7 Å². The minimum Gasteiger partial charge on any atom is -0.366 e. The van der Waals surface area contributed by atoms with Crippen molar-refractivity contribution < 1.29 is 22.4 Å². The highest BCUT2D eigenvalue weighted by Crippen LogP contribution is 2.21. The Labute approximate surface area is 107 Å². The van der Waals surface area contributed by atoms with Crippen LogP contribution in [0.15, 0.2) is 18.2 Å². The van der Waals surface area contributed by atoms with E-state index in [0.29, 0.717) is 0 Å². The molecule has 1 atom stereocenters. The van der Waals surface area contributed by atoms with Crippen molar-refractivity contribution in [1.29, 1.82) is 0 Å². The van der Waals surface area contributed by atoms with Crippen molar-refractivity contribution in [3.8, 4) is 0 Å². The second kappa shape index (κ2) is 6.01. The molecule has 1 unspecified atom stereocenters. The molecule has 0 fully saturated rings. The number of halogens is 4. The van der Waals surface area contributed by atoms with E-state index in [2.05, 4.69) is 5.32 Å². The Morgan fingerprint density at radius 2 is 2.05 bits per heavy atom. The third-order valence-electron chi connectivity index (χ3n) is 2.51. The van der Waals surface area contributed by atoms with Crippen LogP contribution < -0.4 is 11.1 Å². The minimum atomic E-state index is -4.28. The number of nitrogens with two attached hydrogens (primary N) is 1. The number of nitrogens with one attached hydrogen (secondary N) is 1. The normalized spacial score (nSPS) is 13.3. The third-order valence-corrected chi connectivity index (χ3v) is 2.51. The molecule has 0 saturated carbocycles. The van der Waals surface area contributed by atoms with Gasteiger partial charge < -0.3 is 11.1 Å². The van der Waals surface area contributed by atoms with E-state index in [1.807, 2.05) is 0 Å². The van der Waals surface area contributed by atoms with Crippen LogP contribution in [-0.2, 0) is 6.54 Å². The van der Waals surface area contributed by atoms with Crippen molar-refractivity contribution in [2.75, 3.05) is 0 Å². The lowest BCUT2D eigenvalue weighted by atomic mass is 10.1. The Morgan fingerprint density at radius 1 is 1.42 bits per heavy atom. The van der Waals surface area contributed by atoms with Gasteiger partial charge >= 0.3 is 6.18 Å². The van der Waals surface area contributed by atoms with Crippen LogP contribution >= 0.6 is 0 Å². The molecule has 0 aliphatic heterocycles. The van der Waals surface area contributed by atoms with E-state index >= 15 is 0 Å². The zero-order valence-electron chi connectivity index (χ0n) is 10.2. The van der Waals surface area contributed by atoms with Gasteiger partial charge in [0.25, 0.3) is 0 Å². The first-order valence-corrected chi connectivity index (χ1v) is 5.57. The van der Waals surface area contributed by atoms with E-state index in [-0.39, 0.29) is 17.7 Å². The summed E-state index contributed by atoms with van der Waals surface area (Å²) in [6.07, 6.45) is -5.29. The minimum absolute atomic E-state index is 0.102. The number of carbonyl (C=O) groups excluding carboxylic acids is 1. The summed E-state index contributed by atoms with van der Waals surface area (Å²) in [5, 5.41) is 2.55. The molecule has 0 saturated heterocycles. The Kier molecular flexibility index (Phi) is 4.88. The van der Waals surface area contributed by atoms with Crippen molar-refractivity contribution in [3.63, 3.8) is 0 Å². The van der Waals surface area contributed by atoms with Gasteiger partial charge in [0.2, 0.25) is 5.91 Å². The van der Waals surface area contributed by atoms with Gasteiger partial charge in [-0.05, 0) is 25.1 Å². The van der Waals surface area contributed by atoms with Crippen LogP contribution in [0.4, 0.5) is 17.6 Å². The molecule has 3 nitrogen and oxygen atoms in total.